The maximum Gasteiger partial charge on any atom is 0.336 e. The number of hydrogen-bond acceptors (Lipinski definition) is 5. The summed E-state index contributed by atoms with van der Waals surface area (Å²) in [5.74, 6) is -1.35. The van der Waals surface area contributed by atoms with E-state index < -0.39 is 11.9 Å². The van der Waals surface area contributed by atoms with E-state index >= 15 is 0 Å². The molecule has 1 aliphatic rings. The third-order valence-electron chi connectivity index (χ3n) is 2.38. The molecule has 1 N–H and O–H groups in total. The number of aromatic nitrogens is 1. The molecule has 0 unspecified atom stereocenters. The van der Waals surface area contributed by atoms with Crippen LogP contribution in [-0.2, 0) is 16.0 Å². The van der Waals surface area contributed by atoms with Gasteiger partial charge in [-0.15, -0.1) is 0 Å². The van der Waals surface area contributed by atoms with Gasteiger partial charge in [0.15, 0.2) is 11.5 Å². The van der Waals surface area contributed by atoms with Gasteiger partial charge in [-0.3, -0.25) is 4.79 Å². The van der Waals surface area contributed by atoms with Crippen LogP contribution in [0.1, 0.15) is 18.9 Å². The lowest BCUT2D eigenvalue weighted by Gasteiger charge is -2.13. The van der Waals surface area contributed by atoms with Crippen molar-refractivity contribution >= 4 is 11.9 Å². The Balaban J connectivity index is 2.57. The van der Waals surface area contributed by atoms with Gasteiger partial charge >= 0.3 is 11.9 Å². The molecule has 0 saturated heterocycles. The summed E-state index contributed by atoms with van der Waals surface area (Å²) in [5.41, 5.74) is -0.0598. The lowest BCUT2D eigenvalue weighted by atomic mass is 10.1. The van der Waals surface area contributed by atoms with Crippen LogP contribution < -0.4 is 15.0 Å². The zero-order valence-corrected chi connectivity index (χ0v) is 9.69. The zero-order chi connectivity index (χ0) is 13.1. The van der Waals surface area contributed by atoms with Gasteiger partial charge in [0, 0.05) is 12.2 Å². The van der Waals surface area contributed by atoms with Crippen molar-refractivity contribution in [2.24, 2.45) is 0 Å². The van der Waals surface area contributed by atoms with Crippen molar-refractivity contribution in [3.05, 3.63) is 34.3 Å². The Labute approximate surface area is 102 Å². The lowest BCUT2D eigenvalue weighted by molar-refractivity contribution is -0.133. The molecule has 2 rings (SSSR count). The second-order valence-corrected chi connectivity index (χ2v) is 3.72. The molecular formula is C12H11NO5. The number of carbonyl (C=O) groups is 2. The van der Waals surface area contributed by atoms with E-state index in [4.69, 9.17) is 9.47 Å². The van der Waals surface area contributed by atoms with Gasteiger partial charge in [-0.25, -0.2) is 9.59 Å². The lowest BCUT2D eigenvalue weighted by Crippen LogP contribution is -2.20. The number of H-pyrrole nitrogens is 1. The van der Waals surface area contributed by atoms with Crippen LogP contribution in [-0.4, -0.2) is 16.9 Å². The summed E-state index contributed by atoms with van der Waals surface area (Å²) in [5, 5.41) is 0. The molecule has 0 fully saturated rings. The van der Waals surface area contributed by atoms with E-state index in [9.17, 15) is 14.4 Å². The van der Waals surface area contributed by atoms with Crippen LogP contribution in [0.25, 0.3) is 0 Å². The average molecular weight is 249 g/mol. The predicted molar refractivity (Wildman–Crippen MR) is 61.5 cm³/mol. The number of carbonyl (C=O) groups excluding carboxylic acids is 2. The van der Waals surface area contributed by atoms with Crippen molar-refractivity contribution in [1.29, 1.82) is 0 Å². The van der Waals surface area contributed by atoms with Gasteiger partial charge in [0.05, 0.1) is 11.8 Å². The van der Waals surface area contributed by atoms with Crippen LogP contribution in [0.4, 0.5) is 0 Å². The molecule has 0 aromatic carbocycles. The summed E-state index contributed by atoms with van der Waals surface area (Å²) in [4.78, 5) is 36.8. The quantitative estimate of drug-likeness (QED) is 0.780. The Morgan fingerprint density at radius 1 is 1.11 bits per heavy atom. The van der Waals surface area contributed by atoms with Crippen LogP contribution in [0.15, 0.2) is 23.1 Å². The SMILES string of the molecule is CCCc1c2c(c[nH]c1=O)OC(=O)/C=C/C(=O)O2. The van der Waals surface area contributed by atoms with E-state index in [0.717, 1.165) is 12.2 Å². The molecule has 0 atom stereocenters. The number of pyridine rings is 1. The van der Waals surface area contributed by atoms with Crippen molar-refractivity contribution in [1.82, 2.24) is 4.98 Å². The molecule has 0 saturated carbocycles. The Hall–Kier alpha value is -2.37. The number of nitrogens with one attached hydrogen (secondary N) is 1. The van der Waals surface area contributed by atoms with Crippen LogP contribution in [0, 0.1) is 0 Å². The molecule has 0 aliphatic carbocycles. The molecule has 0 radical (unpaired) electrons. The van der Waals surface area contributed by atoms with E-state index in [2.05, 4.69) is 4.98 Å². The topological polar surface area (TPSA) is 85.5 Å². The smallest absolute Gasteiger partial charge is 0.336 e. The molecule has 94 valence electrons. The fraction of sp³-hybridized carbons (Fsp3) is 0.250. The fourth-order valence-electron chi connectivity index (χ4n) is 1.61. The first kappa shape index (κ1) is 12.1. The van der Waals surface area contributed by atoms with Crippen molar-refractivity contribution in [3.63, 3.8) is 0 Å². The Bertz CT molecular complexity index is 585. The molecule has 2 heterocycles. The summed E-state index contributed by atoms with van der Waals surface area (Å²) in [7, 11) is 0. The Morgan fingerprint density at radius 3 is 2.44 bits per heavy atom. The van der Waals surface area contributed by atoms with Gasteiger partial charge in [-0.05, 0) is 6.42 Å². The van der Waals surface area contributed by atoms with Gasteiger partial charge in [-0.1, -0.05) is 13.3 Å². The first-order valence-corrected chi connectivity index (χ1v) is 5.48. The molecule has 6 nitrogen and oxygen atoms in total. The average Bonchev–Trinajstić information content (AvgIpc) is 2.33. The van der Waals surface area contributed by atoms with Gasteiger partial charge < -0.3 is 14.5 Å². The summed E-state index contributed by atoms with van der Waals surface area (Å²) >= 11 is 0. The highest BCUT2D eigenvalue weighted by molar-refractivity contribution is 5.95. The Morgan fingerprint density at radius 2 is 1.78 bits per heavy atom. The van der Waals surface area contributed by atoms with Crippen molar-refractivity contribution in [2.45, 2.75) is 19.8 Å². The minimum absolute atomic E-state index is 0.0169. The highest BCUT2D eigenvalue weighted by Crippen LogP contribution is 2.30. The van der Waals surface area contributed by atoms with Gasteiger partial charge in [0.25, 0.3) is 5.56 Å². The molecular weight excluding hydrogens is 238 g/mol. The van der Waals surface area contributed by atoms with Crippen LogP contribution in [0.5, 0.6) is 11.5 Å². The highest BCUT2D eigenvalue weighted by Gasteiger charge is 2.20. The molecule has 0 spiro atoms. The monoisotopic (exact) mass is 249 g/mol. The normalized spacial score (nSPS) is 16.1. The number of esters is 2. The second-order valence-electron chi connectivity index (χ2n) is 3.72. The number of ether oxygens (including phenoxy) is 2. The molecule has 0 amide bonds. The van der Waals surface area contributed by atoms with Crippen molar-refractivity contribution in [3.8, 4) is 11.5 Å². The summed E-state index contributed by atoms with van der Waals surface area (Å²) in [6.07, 6.45) is 4.26. The van der Waals surface area contributed by atoms with E-state index in [0.29, 0.717) is 18.4 Å². The molecule has 0 bridgehead atoms. The van der Waals surface area contributed by atoms with Crippen LogP contribution in [0.3, 0.4) is 0 Å². The maximum atomic E-state index is 11.7. The van der Waals surface area contributed by atoms with E-state index in [1.165, 1.54) is 6.20 Å². The first-order valence-electron chi connectivity index (χ1n) is 5.48. The molecule has 1 aliphatic heterocycles. The number of fused-ring (bicyclic) bond motifs is 1. The number of hydrogen-bond donors (Lipinski definition) is 1. The second kappa shape index (κ2) is 4.87. The Kier molecular flexibility index (Phi) is 3.27. The molecule has 18 heavy (non-hydrogen) atoms. The van der Waals surface area contributed by atoms with Gasteiger partial charge in [0.2, 0.25) is 0 Å². The summed E-state index contributed by atoms with van der Waals surface area (Å²) in [6, 6.07) is 0. The van der Waals surface area contributed by atoms with Crippen LogP contribution >= 0.6 is 0 Å². The number of rotatable bonds is 2. The molecule has 6 heteroatoms. The third-order valence-corrected chi connectivity index (χ3v) is 2.38. The summed E-state index contributed by atoms with van der Waals surface area (Å²) in [6.45, 7) is 1.88. The maximum absolute atomic E-state index is 11.7. The van der Waals surface area contributed by atoms with E-state index in [1.807, 2.05) is 6.92 Å². The minimum atomic E-state index is -0.712. The summed E-state index contributed by atoms with van der Waals surface area (Å²) < 4.78 is 9.98. The number of aromatic amines is 1. The minimum Gasteiger partial charge on any atom is -0.419 e. The first-order chi connectivity index (χ1) is 8.61. The van der Waals surface area contributed by atoms with Gasteiger partial charge in [0.1, 0.15) is 0 Å². The largest absolute Gasteiger partial charge is 0.419 e. The third kappa shape index (κ3) is 2.32. The van der Waals surface area contributed by atoms with Gasteiger partial charge in [-0.2, -0.15) is 0 Å². The molecule has 1 aromatic heterocycles. The fourth-order valence-corrected chi connectivity index (χ4v) is 1.61. The highest BCUT2D eigenvalue weighted by atomic mass is 16.6. The van der Waals surface area contributed by atoms with E-state index in [-0.39, 0.29) is 17.1 Å². The van der Waals surface area contributed by atoms with E-state index in [1.54, 1.807) is 0 Å². The molecule has 1 aromatic rings. The predicted octanol–water partition coefficient (Wildman–Crippen LogP) is 0.708. The van der Waals surface area contributed by atoms with Crippen LogP contribution in [0.2, 0.25) is 0 Å². The zero-order valence-electron chi connectivity index (χ0n) is 9.69. The van der Waals surface area contributed by atoms with Crippen molar-refractivity contribution in [2.75, 3.05) is 0 Å². The standard InChI is InChI=1S/C12H11NO5/c1-2-3-7-11-8(6-13-12(7)16)17-9(14)4-5-10(15)18-11/h4-6H,2-3H2,1H3,(H,13,16)/b5-4+. The van der Waals surface area contributed by atoms with Crippen molar-refractivity contribution < 1.29 is 19.1 Å².